The highest BCUT2D eigenvalue weighted by Gasteiger charge is 2.33. The van der Waals surface area contributed by atoms with E-state index in [-0.39, 0.29) is 35.8 Å². The van der Waals surface area contributed by atoms with Crippen LogP contribution in [0, 0.1) is 6.92 Å². The van der Waals surface area contributed by atoms with Crippen molar-refractivity contribution in [2.75, 3.05) is 13.2 Å². The standard InChI is InChI=1S/C17H17F2NO5/c1-4-23-16(21)11-9(3)20-14(15(18)19)13(17(22)24-5-2)12(11)10-7-6-8-25-10/h6-8,15H,4-5H2,1-3H3. The Hall–Kier alpha value is -2.77. The van der Waals surface area contributed by atoms with Crippen molar-refractivity contribution in [1.82, 2.24) is 4.98 Å². The average molecular weight is 353 g/mol. The van der Waals surface area contributed by atoms with E-state index >= 15 is 0 Å². The van der Waals surface area contributed by atoms with Gasteiger partial charge in [0.1, 0.15) is 11.5 Å². The summed E-state index contributed by atoms with van der Waals surface area (Å²) in [5.41, 5.74) is -1.47. The molecule has 0 bridgehead atoms. The minimum atomic E-state index is -3.04. The Morgan fingerprint density at radius 1 is 1.16 bits per heavy atom. The van der Waals surface area contributed by atoms with Gasteiger partial charge in [0.05, 0.1) is 41.9 Å². The highest BCUT2D eigenvalue weighted by Crippen LogP contribution is 2.36. The lowest BCUT2D eigenvalue weighted by molar-refractivity contribution is 0.0513. The lowest BCUT2D eigenvalue weighted by atomic mass is 9.96. The second-order valence-electron chi connectivity index (χ2n) is 4.93. The molecule has 6 nitrogen and oxygen atoms in total. The molecule has 0 unspecified atom stereocenters. The Morgan fingerprint density at radius 3 is 2.24 bits per heavy atom. The van der Waals surface area contributed by atoms with Gasteiger partial charge in [-0.15, -0.1) is 0 Å². The molecule has 0 amide bonds. The number of halogens is 2. The quantitative estimate of drug-likeness (QED) is 0.732. The van der Waals surface area contributed by atoms with Crippen LogP contribution in [0.2, 0.25) is 0 Å². The van der Waals surface area contributed by atoms with Crippen molar-refractivity contribution < 1.29 is 32.3 Å². The molecule has 134 valence electrons. The van der Waals surface area contributed by atoms with Crippen LogP contribution in [0.5, 0.6) is 0 Å². The van der Waals surface area contributed by atoms with Gasteiger partial charge in [-0.25, -0.2) is 18.4 Å². The summed E-state index contributed by atoms with van der Waals surface area (Å²) < 4.78 is 42.1. The van der Waals surface area contributed by atoms with Crippen LogP contribution in [0.3, 0.4) is 0 Å². The van der Waals surface area contributed by atoms with Crippen molar-refractivity contribution in [1.29, 1.82) is 0 Å². The maximum atomic E-state index is 13.5. The van der Waals surface area contributed by atoms with Gasteiger partial charge in [0, 0.05) is 0 Å². The van der Waals surface area contributed by atoms with E-state index in [1.54, 1.807) is 13.8 Å². The van der Waals surface area contributed by atoms with E-state index in [9.17, 15) is 18.4 Å². The van der Waals surface area contributed by atoms with Crippen LogP contribution in [0.15, 0.2) is 22.8 Å². The lowest BCUT2D eigenvalue weighted by Crippen LogP contribution is -2.18. The summed E-state index contributed by atoms with van der Waals surface area (Å²) in [5.74, 6) is -1.73. The number of aryl methyl sites for hydroxylation is 1. The predicted molar refractivity (Wildman–Crippen MR) is 83.5 cm³/mol. The van der Waals surface area contributed by atoms with Crippen LogP contribution in [-0.4, -0.2) is 30.1 Å². The van der Waals surface area contributed by atoms with Gasteiger partial charge in [-0.3, -0.25) is 4.98 Å². The number of nitrogens with zero attached hydrogens (tertiary/aromatic N) is 1. The third-order valence-electron chi connectivity index (χ3n) is 3.34. The molecular formula is C17H17F2NO5. The Morgan fingerprint density at radius 2 is 1.76 bits per heavy atom. The van der Waals surface area contributed by atoms with Crippen molar-refractivity contribution in [3.8, 4) is 11.3 Å². The molecule has 0 atom stereocenters. The molecule has 0 fully saturated rings. The summed E-state index contributed by atoms with van der Waals surface area (Å²) in [6.45, 7) is 4.58. The van der Waals surface area contributed by atoms with Gasteiger partial charge < -0.3 is 13.9 Å². The molecule has 2 aromatic heterocycles. The van der Waals surface area contributed by atoms with Gasteiger partial charge in [-0.05, 0) is 32.9 Å². The molecular weight excluding hydrogens is 336 g/mol. The van der Waals surface area contributed by atoms with E-state index in [0.717, 1.165) is 0 Å². The van der Waals surface area contributed by atoms with Crippen LogP contribution < -0.4 is 0 Å². The van der Waals surface area contributed by atoms with Crippen LogP contribution in [0.1, 0.15) is 52.4 Å². The first-order chi connectivity index (χ1) is 11.9. The van der Waals surface area contributed by atoms with Crippen LogP contribution in [-0.2, 0) is 9.47 Å². The molecule has 8 heteroatoms. The van der Waals surface area contributed by atoms with Gasteiger partial charge in [0.15, 0.2) is 0 Å². The van der Waals surface area contributed by atoms with Crippen molar-refractivity contribution in [2.45, 2.75) is 27.2 Å². The lowest BCUT2D eigenvalue weighted by Gasteiger charge is -2.17. The van der Waals surface area contributed by atoms with Crippen LogP contribution >= 0.6 is 0 Å². The van der Waals surface area contributed by atoms with Gasteiger partial charge in [0.25, 0.3) is 6.43 Å². The van der Waals surface area contributed by atoms with Gasteiger partial charge in [0.2, 0.25) is 0 Å². The average Bonchev–Trinajstić information content (AvgIpc) is 3.08. The molecule has 2 heterocycles. The summed E-state index contributed by atoms with van der Waals surface area (Å²) in [4.78, 5) is 28.4. The van der Waals surface area contributed by atoms with Gasteiger partial charge >= 0.3 is 11.9 Å². The summed E-state index contributed by atoms with van der Waals surface area (Å²) in [7, 11) is 0. The number of carbonyl (C=O) groups is 2. The molecule has 2 aromatic rings. The third kappa shape index (κ3) is 3.67. The number of alkyl halides is 2. The molecule has 2 rings (SSSR count). The first kappa shape index (κ1) is 18.6. The fourth-order valence-electron chi connectivity index (χ4n) is 2.41. The summed E-state index contributed by atoms with van der Waals surface area (Å²) in [6.07, 6.45) is -1.74. The molecule has 0 saturated heterocycles. The smallest absolute Gasteiger partial charge is 0.340 e. The van der Waals surface area contributed by atoms with E-state index in [0.29, 0.717) is 0 Å². The SMILES string of the molecule is CCOC(=O)c1c(C)nc(C(F)F)c(C(=O)OCC)c1-c1ccco1. The molecule has 25 heavy (non-hydrogen) atoms. The van der Waals surface area contributed by atoms with E-state index in [4.69, 9.17) is 13.9 Å². The zero-order valence-corrected chi connectivity index (χ0v) is 14.0. The second kappa shape index (κ2) is 7.87. The summed E-state index contributed by atoms with van der Waals surface area (Å²) >= 11 is 0. The topological polar surface area (TPSA) is 78.6 Å². The van der Waals surface area contributed by atoms with E-state index in [1.807, 2.05) is 0 Å². The van der Waals surface area contributed by atoms with Gasteiger partial charge in [-0.2, -0.15) is 0 Å². The minimum absolute atomic E-state index is 0.00759. The fourth-order valence-corrected chi connectivity index (χ4v) is 2.41. The maximum Gasteiger partial charge on any atom is 0.340 e. The Balaban J connectivity index is 2.87. The Kier molecular flexibility index (Phi) is 5.84. The number of aromatic nitrogens is 1. The van der Waals surface area contributed by atoms with Crippen LogP contribution in [0.4, 0.5) is 8.78 Å². The summed E-state index contributed by atoms with van der Waals surface area (Å²) in [6, 6.07) is 2.96. The monoisotopic (exact) mass is 353 g/mol. The number of rotatable bonds is 6. The normalized spacial score (nSPS) is 10.8. The zero-order chi connectivity index (χ0) is 18.6. The van der Waals surface area contributed by atoms with Gasteiger partial charge in [-0.1, -0.05) is 0 Å². The predicted octanol–water partition coefficient (Wildman–Crippen LogP) is 3.94. The number of carbonyl (C=O) groups excluding carboxylic acids is 2. The third-order valence-corrected chi connectivity index (χ3v) is 3.34. The minimum Gasteiger partial charge on any atom is -0.464 e. The first-order valence-electron chi connectivity index (χ1n) is 7.63. The molecule has 0 aromatic carbocycles. The largest absolute Gasteiger partial charge is 0.464 e. The molecule has 0 saturated carbocycles. The number of pyridine rings is 1. The Bertz CT molecular complexity index is 772. The zero-order valence-electron chi connectivity index (χ0n) is 14.0. The molecule has 0 N–H and O–H groups in total. The maximum absolute atomic E-state index is 13.5. The molecule has 0 radical (unpaired) electrons. The molecule has 0 aliphatic carbocycles. The highest BCUT2D eigenvalue weighted by molar-refractivity contribution is 6.06. The van der Waals surface area contributed by atoms with E-state index in [2.05, 4.69) is 4.98 Å². The second-order valence-corrected chi connectivity index (χ2v) is 4.93. The fraction of sp³-hybridized carbons (Fsp3) is 0.353. The number of furan rings is 1. The molecule has 0 aliphatic heterocycles. The number of esters is 2. The number of ether oxygens (including phenoxy) is 2. The van der Waals surface area contributed by atoms with Crippen molar-refractivity contribution in [3.63, 3.8) is 0 Å². The van der Waals surface area contributed by atoms with Crippen molar-refractivity contribution >= 4 is 11.9 Å². The first-order valence-corrected chi connectivity index (χ1v) is 7.63. The highest BCUT2D eigenvalue weighted by atomic mass is 19.3. The van der Waals surface area contributed by atoms with E-state index < -0.39 is 29.6 Å². The number of hydrogen-bond donors (Lipinski definition) is 0. The van der Waals surface area contributed by atoms with Crippen molar-refractivity contribution in [3.05, 3.63) is 40.9 Å². The molecule has 0 aliphatic rings. The Labute approximate surface area is 142 Å². The van der Waals surface area contributed by atoms with E-state index in [1.165, 1.54) is 25.3 Å². The van der Waals surface area contributed by atoms with Crippen LogP contribution in [0.25, 0.3) is 11.3 Å². The van der Waals surface area contributed by atoms with Crippen molar-refractivity contribution in [2.24, 2.45) is 0 Å². The number of hydrogen-bond acceptors (Lipinski definition) is 6. The molecule has 0 spiro atoms. The summed E-state index contributed by atoms with van der Waals surface area (Å²) in [5, 5.41) is 0.